The van der Waals surface area contributed by atoms with Gasteiger partial charge in [0, 0.05) is 4.47 Å². The Morgan fingerprint density at radius 2 is 2.18 bits per heavy atom. The van der Waals surface area contributed by atoms with Crippen LogP contribution in [0.4, 0.5) is 11.6 Å². The van der Waals surface area contributed by atoms with Gasteiger partial charge in [-0.3, -0.25) is 4.79 Å². The summed E-state index contributed by atoms with van der Waals surface area (Å²) in [6, 6.07) is 1.76. The molecule has 0 aliphatic heterocycles. The quantitative estimate of drug-likeness (QED) is 0.416. The molecule has 0 unspecified atom stereocenters. The second-order valence-corrected chi connectivity index (χ2v) is 7.29. The third-order valence-electron chi connectivity index (χ3n) is 2.42. The number of benzene rings is 1. The number of aromatic amines is 1. The van der Waals surface area contributed by atoms with E-state index in [0.717, 1.165) is 0 Å². The molecule has 22 heavy (non-hydrogen) atoms. The molecule has 0 spiro atoms. The average molecular weight is 516 g/mol. The Hall–Kier alpha value is -0.780. The van der Waals surface area contributed by atoms with Crippen LogP contribution in [-0.2, 0) is 4.79 Å². The van der Waals surface area contributed by atoms with Crippen molar-refractivity contribution < 1.29 is 9.53 Å². The molecule has 0 atom stereocenters. The van der Waals surface area contributed by atoms with Crippen LogP contribution in [0.5, 0.6) is 5.75 Å². The molecule has 1 aromatic carbocycles. The van der Waals surface area contributed by atoms with E-state index < -0.39 is 0 Å². The Balaban J connectivity index is 2.07. The number of anilines is 2. The molecule has 0 aliphatic carbocycles. The van der Waals surface area contributed by atoms with Gasteiger partial charge in [-0.2, -0.15) is 4.98 Å². The van der Waals surface area contributed by atoms with Gasteiger partial charge in [0.1, 0.15) is 5.75 Å². The topological polar surface area (TPSA) is 106 Å². The average Bonchev–Trinajstić information content (AvgIpc) is 2.91. The van der Waals surface area contributed by atoms with Gasteiger partial charge in [0.2, 0.25) is 17.0 Å². The molecular weight excluding hydrogens is 506 g/mol. The highest BCUT2D eigenvalue weighted by Gasteiger charge is 2.16. The molecule has 1 aromatic heterocycles. The number of nitrogens with two attached hydrogens (primary N) is 1. The largest absolute Gasteiger partial charge is 0.495 e. The van der Waals surface area contributed by atoms with E-state index in [2.05, 4.69) is 68.3 Å². The maximum atomic E-state index is 12.0. The van der Waals surface area contributed by atoms with Gasteiger partial charge in [0.25, 0.3) is 0 Å². The van der Waals surface area contributed by atoms with Gasteiger partial charge in [0.05, 0.1) is 27.5 Å². The van der Waals surface area contributed by atoms with Gasteiger partial charge < -0.3 is 15.8 Å². The lowest BCUT2D eigenvalue weighted by Crippen LogP contribution is -2.15. The molecule has 11 heteroatoms. The Labute approximate surface area is 155 Å². The summed E-state index contributed by atoms with van der Waals surface area (Å²) in [7, 11) is 1.57. The highest BCUT2D eigenvalue weighted by molar-refractivity contribution is 9.13. The fourth-order valence-corrected chi connectivity index (χ4v) is 3.82. The molecule has 118 valence electrons. The predicted molar refractivity (Wildman–Crippen MR) is 96.2 cm³/mol. The fraction of sp³-hybridized carbons (Fsp3) is 0.182. The Kier molecular flexibility index (Phi) is 6.12. The lowest BCUT2D eigenvalue weighted by molar-refractivity contribution is -0.113. The van der Waals surface area contributed by atoms with Gasteiger partial charge in [-0.15, -0.1) is 5.10 Å². The van der Waals surface area contributed by atoms with Crippen LogP contribution in [0.2, 0.25) is 0 Å². The van der Waals surface area contributed by atoms with Crippen LogP contribution in [0.3, 0.4) is 0 Å². The summed E-state index contributed by atoms with van der Waals surface area (Å²) in [6.07, 6.45) is 0. The van der Waals surface area contributed by atoms with E-state index in [0.29, 0.717) is 30.0 Å². The minimum absolute atomic E-state index is 0.153. The van der Waals surface area contributed by atoms with Crippen LogP contribution in [0, 0.1) is 0 Å². The van der Waals surface area contributed by atoms with Crippen LogP contribution in [0.25, 0.3) is 0 Å². The number of methoxy groups -OCH3 is 1. The van der Waals surface area contributed by atoms with Crippen molar-refractivity contribution in [1.29, 1.82) is 0 Å². The number of hydrogen-bond acceptors (Lipinski definition) is 6. The second kappa shape index (κ2) is 7.66. The van der Waals surface area contributed by atoms with Crippen molar-refractivity contribution in [3.63, 3.8) is 0 Å². The molecule has 7 nitrogen and oxygen atoms in total. The van der Waals surface area contributed by atoms with E-state index in [-0.39, 0.29) is 17.6 Å². The number of thioether (sulfide) groups is 1. The molecular formula is C11H10Br3N5O2S. The first-order valence-electron chi connectivity index (χ1n) is 5.74. The number of carbonyl (C=O) groups is 1. The summed E-state index contributed by atoms with van der Waals surface area (Å²) in [5.41, 5.74) is 6.02. The highest BCUT2D eigenvalue weighted by Crippen LogP contribution is 2.42. The van der Waals surface area contributed by atoms with E-state index >= 15 is 0 Å². The zero-order valence-corrected chi connectivity index (χ0v) is 16.7. The summed E-state index contributed by atoms with van der Waals surface area (Å²) < 4.78 is 7.30. The van der Waals surface area contributed by atoms with Crippen molar-refractivity contribution in [1.82, 2.24) is 15.2 Å². The van der Waals surface area contributed by atoms with E-state index in [4.69, 9.17) is 10.5 Å². The number of carbonyl (C=O) groups excluding carboxylic acids is 1. The van der Waals surface area contributed by atoms with Crippen LogP contribution < -0.4 is 15.8 Å². The number of nitrogens with zero attached hydrogens (tertiary/aromatic N) is 2. The van der Waals surface area contributed by atoms with Crippen LogP contribution in [0.1, 0.15) is 0 Å². The zero-order valence-electron chi connectivity index (χ0n) is 11.1. The van der Waals surface area contributed by atoms with E-state index in [1.165, 1.54) is 11.8 Å². The Bertz CT molecular complexity index is 709. The summed E-state index contributed by atoms with van der Waals surface area (Å²) >= 11 is 11.4. The summed E-state index contributed by atoms with van der Waals surface area (Å²) in [5.74, 6) is 0.807. The zero-order chi connectivity index (χ0) is 16.3. The number of nitrogens with one attached hydrogen (secondary N) is 2. The van der Waals surface area contributed by atoms with Crippen LogP contribution in [0.15, 0.2) is 24.6 Å². The third-order valence-corrected chi connectivity index (χ3v) is 6.01. The first-order valence-corrected chi connectivity index (χ1v) is 9.10. The first-order chi connectivity index (χ1) is 10.4. The smallest absolute Gasteiger partial charge is 0.234 e. The molecule has 0 radical (unpaired) electrons. The number of amides is 1. The third kappa shape index (κ3) is 4.15. The first kappa shape index (κ1) is 17.6. The van der Waals surface area contributed by atoms with Gasteiger partial charge in [-0.25, -0.2) is 5.10 Å². The number of nitrogen functional groups attached to an aromatic ring is 1. The number of halogens is 3. The number of rotatable bonds is 5. The van der Waals surface area contributed by atoms with Gasteiger partial charge in [0.15, 0.2) is 0 Å². The van der Waals surface area contributed by atoms with Crippen LogP contribution in [-0.4, -0.2) is 34.0 Å². The normalized spacial score (nSPS) is 10.5. The Morgan fingerprint density at radius 3 is 2.77 bits per heavy atom. The lowest BCUT2D eigenvalue weighted by Gasteiger charge is -2.13. The van der Waals surface area contributed by atoms with Crippen molar-refractivity contribution in [2.45, 2.75) is 5.16 Å². The lowest BCUT2D eigenvalue weighted by atomic mass is 10.3. The number of H-pyrrole nitrogens is 1. The van der Waals surface area contributed by atoms with E-state index in [1.807, 2.05) is 0 Å². The van der Waals surface area contributed by atoms with Crippen molar-refractivity contribution in [3.05, 3.63) is 19.5 Å². The molecule has 0 saturated heterocycles. The molecule has 4 N–H and O–H groups in total. The van der Waals surface area contributed by atoms with Crippen LogP contribution >= 0.6 is 59.6 Å². The number of ether oxygens (including phenoxy) is 1. The molecule has 0 bridgehead atoms. The highest BCUT2D eigenvalue weighted by atomic mass is 79.9. The van der Waals surface area contributed by atoms with Crippen molar-refractivity contribution >= 4 is 77.1 Å². The van der Waals surface area contributed by atoms with Gasteiger partial charge in [-0.1, -0.05) is 11.8 Å². The number of aromatic nitrogens is 3. The maximum Gasteiger partial charge on any atom is 0.234 e. The Morgan fingerprint density at radius 1 is 1.45 bits per heavy atom. The molecule has 0 aliphatic rings. The van der Waals surface area contributed by atoms with Gasteiger partial charge in [-0.05, 0) is 53.9 Å². The van der Waals surface area contributed by atoms with Crippen molar-refractivity contribution in [2.75, 3.05) is 23.9 Å². The summed E-state index contributed by atoms with van der Waals surface area (Å²) in [5, 5.41) is 9.59. The molecule has 2 rings (SSSR count). The maximum absolute atomic E-state index is 12.0. The SMILES string of the molecule is COc1cc(Br)c(NC(=O)CSc2n[nH]c(N)n2)c(Br)c1Br. The van der Waals surface area contributed by atoms with Gasteiger partial charge >= 0.3 is 0 Å². The minimum atomic E-state index is -0.202. The summed E-state index contributed by atoms with van der Waals surface area (Å²) in [6.45, 7) is 0. The fourth-order valence-electron chi connectivity index (χ4n) is 1.46. The standard InChI is InChI=1S/C11H10Br3N5O2S/c1-21-5-2-4(12)9(8(14)7(5)13)16-6(20)3-22-11-17-10(15)18-19-11/h2H,3H2,1H3,(H,16,20)(H3,15,17,18,19). The minimum Gasteiger partial charge on any atom is -0.495 e. The molecule has 0 saturated carbocycles. The predicted octanol–water partition coefficient (Wildman–Crippen LogP) is 3.41. The molecule has 1 amide bonds. The molecule has 2 aromatic rings. The van der Waals surface area contributed by atoms with Crippen molar-refractivity contribution in [3.8, 4) is 5.75 Å². The van der Waals surface area contributed by atoms with E-state index in [9.17, 15) is 4.79 Å². The second-order valence-electron chi connectivity index (χ2n) is 3.90. The van der Waals surface area contributed by atoms with E-state index in [1.54, 1.807) is 13.2 Å². The summed E-state index contributed by atoms with van der Waals surface area (Å²) in [4.78, 5) is 16.0. The molecule has 0 fully saturated rings. The number of hydrogen-bond donors (Lipinski definition) is 3. The monoisotopic (exact) mass is 513 g/mol. The molecule has 1 heterocycles. The van der Waals surface area contributed by atoms with Crippen molar-refractivity contribution in [2.24, 2.45) is 0 Å².